The zero-order valence-electron chi connectivity index (χ0n) is 12.7. The van der Waals surface area contributed by atoms with Crippen molar-refractivity contribution < 1.29 is 14.3 Å². The van der Waals surface area contributed by atoms with Crippen molar-refractivity contribution in [3.05, 3.63) is 34.6 Å². The average Bonchev–Trinajstić information content (AvgIpc) is 2.51. The van der Waals surface area contributed by atoms with E-state index in [4.69, 9.17) is 11.6 Å². The lowest BCUT2D eigenvalue weighted by atomic mass is 10.0. The number of hydrogen-bond donors (Lipinski definition) is 2. The van der Waals surface area contributed by atoms with Gasteiger partial charge < -0.3 is 10.0 Å². The van der Waals surface area contributed by atoms with E-state index in [0.717, 1.165) is 25.9 Å². The summed E-state index contributed by atoms with van der Waals surface area (Å²) in [5.74, 6) is 0.00624. The highest BCUT2D eigenvalue weighted by atomic mass is 35.5. The standard InChI is InChI=1S/C16H22ClFN2O2/c1-11-3-2-6-20(9-11)16(22)8-19-15(10-21)12-4-5-13(17)14(18)7-12/h4-5,7,11,15,19,21H,2-3,6,8-10H2,1H3/t11-,15+/m0/s1. The Bertz CT molecular complexity index is 527. The highest BCUT2D eigenvalue weighted by Gasteiger charge is 2.21. The quantitative estimate of drug-likeness (QED) is 0.872. The van der Waals surface area contributed by atoms with Crippen LogP contribution >= 0.6 is 11.6 Å². The number of benzene rings is 1. The Morgan fingerprint density at radius 1 is 1.59 bits per heavy atom. The topological polar surface area (TPSA) is 52.6 Å². The van der Waals surface area contributed by atoms with Crippen LogP contribution in [0.1, 0.15) is 31.4 Å². The van der Waals surface area contributed by atoms with Gasteiger partial charge in [-0.15, -0.1) is 0 Å². The number of aliphatic hydroxyl groups excluding tert-OH is 1. The predicted molar refractivity (Wildman–Crippen MR) is 84.2 cm³/mol. The highest BCUT2D eigenvalue weighted by Crippen LogP contribution is 2.20. The first-order chi connectivity index (χ1) is 10.5. The molecule has 1 aliphatic rings. The molecule has 6 heteroatoms. The summed E-state index contributed by atoms with van der Waals surface area (Å²) < 4.78 is 13.5. The van der Waals surface area contributed by atoms with Gasteiger partial charge in [-0.05, 0) is 36.5 Å². The summed E-state index contributed by atoms with van der Waals surface area (Å²) in [6.45, 7) is 3.61. The Kier molecular flexibility index (Phi) is 6.17. The van der Waals surface area contributed by atoms with E-state index in [1.165, 1.54) is 12.1 Å². The summed E-state index contributed by atoms with van der Waals surface area (Å²) >= 11 is 5.65. The lowest BCUT2D eigenvalue weighted by Crippen LogP contribution is -2.44. The number of nitrogens with one attached hydrogen (secondary N) is 1. The summed E-state index contributed by atoms with van der Waals surface area (Å²) in [6.07, 6.45) is 2.18. The Hall–Kier alpha value is -1.17. The van der Waals surface area contributed by atoms with Gasteiger partial charge in [-0.2, -0.15) is 0 Å². The molecule has 0 aliphatic carbocycles. The van der Waals surface area contributed by atoms with E-state index < -0.39 is 11.9 Å². The van der Waals surface area contributed by atoms with Crippen LogP contribution in [-0.4, -0.2) is 42.2 Å². The number of nitrogens with zero attached hydrogens (tertiary/aromatic N) is 1. The minimum atomic E-state index is -0.532. The van der Waals surface area contributed by atoms with Crippen LogP contribution in [0.25, 0.3) is 0 Å². The second-order valence-corrected chi connectivity index (χ2v) is 6.28. The smallest absolute Gasteiger partial charge is 0.236 e. The van der Waals surface area contributed by atoms with Crippen LogP contribution in [0.2, 0.25) is 5.02 Å². The minimum absolute atomic E-state index is 0.0134. The molecule has 1 heterocycles. The summed E-state index contributed by atoms with van der Waals surface area (Å²) in [5.41, 5.74) is 0.573. The molecule has 2 rings (SSSR count). The monoisotopic (exact) mass is 328 g/mol. The first kappa shape index (κ1) is 17.2. The molecule has 22 heavy (non-hydrogen) atoms. The van der Waals surface area contributed by atoms with Gasteiger partial charge in [-0.3, -0.25) is 10.1 Å². The number of rotatable bonds is 5. The number of halogens is 2. The molecule has 0 unspecified atom stereocenters. The summed E-state index contributed by atoms with van der Waals surface area (Å²) in [6, 6.07) is 3.89. The van der Waals surface area contributed by atoms with Crippen LogP contribution in [0.15, 0.2) is 18.2 Å². The Morgan fingerprint density at radius 2 is 2.36 bits per heavy atom. The van der Waals surface area contributed by atoms with E-state index in [-0.39, 0.29) is 24.1 Å². The van der Waals surface area contributed by atoms with Crippen LogP contribution in [0.4, 0.5) is 4.39 Å². The molecule has 122 valence electrons. The second-order valence-electron chi connectivity index (χ2n) is 5.88. The first-order valence-electron chi connectivity index (χ1n) is 7.58. The van der Waals surface area contributed by atoms with Crippen LogP contribution < -0.4 is 5.32 Å². The molecule has 1 saturated heterocycles. The Labute approximate surface area is 135 Å². The molecule has 1 aromatic rings. The molecule has 2 atom stereocenters. The van der Waals surface area contributed by atoms with Gasteiger partial charge in [-0.25, -0.2) is 4.39 Å². The van der Waals surface area contributed by atoms with Gasteiger partial charge in [0.15, 0.2) is 0 Å². The normalized spacial score (nSPS) is 20.0. The average molecular weight is 329 g/mol. The van der Waals surface area contributed by atoms with E-state index in [9.17, 15) is 14.3 Å². The van der Waals surface area contributed by atoms with Crippen LogP contribution in [0, 0.1) is 11.7 Å². The molecule has 0 radical (unpaired) electrons. The third-order valence-corrected chi connectivity index (χ3v) is 4.34. The molecule has 0 saturated carbocycles. The van der Waals surface area contributed by atoms with E-state index in [1.807, 2.05) is 4.90 Å². The maximum absolute atomic E-state index is 13.5. The lowest BCUT2D eigenvalue weighted by Gasteiger charge is -2.31. The number of likely N-dealkylation sites (tertiary alicyclic amines) is 1. The predicted octanol–water partition coefficient (Wildman–Crippen LogP) is 2.36. The number of aliphatic hydroxyl groups is 1. The Balaban J connectivity index is 1.92. The third kappa shape index (κ3) is 4.41. The van der Waals surface area contributed by atoms with E-state index in [0.29, 0.717) is 11.5 Å². The summed E-state index contributed by atoms with van der Waals surface area (Å²) in [4.78, 5) is 14.0. The zero-order valence-corrected chi connectivity index (χ0v) is 13.4. The van der Waals surface area contributed by atoms with Crippen molar-refractivity contribution in [2.45, 2.75) is 25.8 Å². The number of amides is 1. The number of carbonyl (C=O) groups is 1. The molecule has 0 bridgehead atoms. The molecule has 1 fully saturated rings. The van der Waals surface area contributed by atoms with Crippen molar-refractivity contribution in [3.8, 4) is 0 Å². The fourth-order valence-corrected chi connectivity index (χ4v) is 2.87. The fourth-order valence-electron chi connectivity index (χ4n) is 2.76. The number of piperidine rings is 1. The van der Waals surface area contributed by atoms with Gasteiger partial charge in [-0.1, -0.05) is 24.6 Å². The van der Waals surface area contributed by atoms with E-state index in [1.54, 1.807) is 6.07 Å². The van der Waals surface area contributed by atoms with Crippen molar-refractivity contribution in [2.24, 2.45) is 5.92 Å². The zero-order chi connectivity index (χ0) is 16.1. The van der Waals surface area contributed by atoms with Crippen LogP contribution in [0.3, 0.4) is 0 Å². The van der Waals surface area contributed by atoms with Crippen molar-refractivity contribution in [2.75, 3.05) is 26.2 Å². The van der Waals surface area contributed by atoms with Gasteiger partial charge in [0.25, 0.3) is 0 Å². The molecule has 1 aromatic carbocycles. The largest absolute Gasteiger partial charge is 0.394 e. The Morgan fingerprint density at radius 3 is 3.00 bits per heavy atom. The van der Waals surface area contributed by atoms with E-state index in [2.05, 4.69) is 12.2 Å². The van der Waals surface area contributed by atoms with Gasteiger partial charge in [0, 0.05) is 13.1 Å². The van der Waals surface area contributed by atoms with Crippen molar-refractivity contribution >= 4 is 17.5 Å². The fraction of sp³-hybridized carbons (Fsp3) is 0.562. The van der Waals surface area contributed by atoms with Gasteiger partial charge in [0.1, 0.15) is 5.82 Å². The van der Waals surface area contributed by atoms with Crippen LogP contribution in [0.5, 0.6) is 0 Å². The van der Waals surface area contributed by atoms with Crippen molar-refractivity contribution in [1.29, 1.82) is 0 Å². The van der Waals surface area contributed by atoms with Crippen LogP contribution in [-0.2, 0) is 4.79 Å². The molecule has 4 nitrogen and oxygen atoms in total. The molecular weight excluding hydrogens is 307 g/mol. The van der Waals surface area contributed by atoms with Gasteiger partial charge in [0.2, 0.25) is 5.91 Å². The van der Waals surface area contributed by atoms with Gasteiger partial charge >= 0.3 is 0 Å². The highest BCUT2D eigenvalue weighted by molar-refractivity contribution is 6.30. The van der Waals surface area contributed by atoms with Crippen molar-refractivity contribution in [3.63, 3.8) is 0 Å². The van der Waals surface area contributed by atoms with E-state index >= 15 is 0 Å². The molecular formula is C16H22ClFN2O2. The molecule has 0 aromatic heterocycles. The maximum atomic E-state index is 13.5. The SMILES string of the molecule is C[C@H]1CCCN(C(=O)CN[C@H](CO)c2ccc(Cl)c(F)c2)C1. The third-order valence-electron chi connectivity index (χ3n) is 4.04. The summed E-state index contributed by atoms with van der Waals surface area (Å²) in [5, 5.41) is 12.5. The lowest BCUT2D eigenvalue weighted by molar-refractivity contribution is -0.132. The summed E-state index contributed by atoms with van der Waals surface area (Å²) in [7, 11) is 0. The molecule has 0 spiro atoms. The second kappa shape index (κ2) is 7.90. The molecule has 2 N–H and O–H groups in total. The number of hydrogen-bond acceptors (Lipinski definition) is 3. The number of carbonyl (C=O) groups excluding carboxylic acids is 1. The van der Waals surface area contributed by atoms with Gasteiger partial charge in [0.05, 0.1) is 24.2 Å². The first-order valence-corrected chi connectivity index (χ1v) is 7.96. The molecule has 1 aliphatic heterocycles. The maximum Gasteiger partial charge on any atom is 0.236 e. The minimum Gasteiger partial charge on any atom is -0.394 e. The van der Waals surface area contributed by atoms with Crippen molar-refractivity contribution in [1.82, 2.24) is 10.2 Å². The molecule has 1 amide bonds.